The van der Waals surface area contributed by atoms with Crippen molar-refractivity contribution in [3.05, 3.63) is 28.9 Å². The van der Waals surface area contributed by atoms with Gasteiger partial charge >= 0.3 is 0 Å². The Kier molecular flexibility index (Phi) is 2.71. The summed E-state index contributed by atoms with van der Waals surface area (Å²) in [6, 6.07) is 2.38. The molecule has 1 saturated heterocycles. The van der Waals surface area contributed by atoms with Gasteiger partial charge in [0.25, 0.3) is 11.1 Å². The number of rotatable bonds is 3. The van der Waals surface area contributed by atoms with E-state index >= 15 is 0 Å². The van der Waals surface area contributed by atoms with Crippen molar-refractivity contribution in [3.8, 4) is 0 Å². The summed E-state index contributed by atoms with van der Waals surface area (Å²) in [5, 5.41) is 9.56. The van der Waals surface area contributed by atoms with Crippen molar-refractivity contribution in [3.63, 3.8) is 0 Å². The van der Waals surface area contributed by atoms with Crippen molar-refractivity contribution in [2.45, 2.75) is 18.9 Å². The summed E-state index contributed by atoms with van der Waals surface area (Å²) in [5.41, 5.74) is 1.36. The number of nitrogens with zero attached hydrogens (tertiary/aromatic N) is 3. The summed E-state index contributed by atoms with van der Waals surface area (Å²) in [5.74, 6) is 0.503. The summed E-state index contributed by atoms with van der Waals surface area (Å²) in [7, 11) is 0. The van der Waals surface area contributed by atoms with E-state index in [1.54, 1.807) is 23.0 Å². The van der Waals surface area contributed by atoms with Crippen LogP contribution in [0.3, 0.4) is 0 Å². The summed E-state index contributed by atoms with van der Waals surface area (Å²) in [6.45, 7) is 0. The molecule has 0 radical (unpaired) electrons. The van der Waals surface area contributed by atoms with Crippen LogP contribution in [0.4, 0.5) is 10.6 Å². The number of hydrogen-bond donors (Lipinski definition) is 2. The molecule has 0 bridgehead atoms. The molecule has 0 atom stereocenters. The fourth-order valence-electron chi connectivity index (χ4n) is 2.12. The highest BCUT2D eigenvalue weighted by atomic mass is 32.2. The molecule has 2 N–H and O–H groups in total. The van der Waals surface area contributed by atoms with Crippen molar-refractivity contribution in [2.24, 2.45) is 0 Å². The molecule has 4 rings (SSSR count). The van der Waals surface area contributed by atoms with Gasteiger partial charge in [-0.05, 0) is 36.7 Å². The molecule has 2 aromatic rings. The second kappa shape index (κ2) is 4.59. The van der Waals surface area contributed by atoms with Crippen molar-refractivity contribution in [1.29, 1.82) is 0 Å². The molecule has 106 valence electrons. The quantitative estimate of drug-likeness (QED) is 0.838. The molecule has 0 unspecified atom stereocenters. The highest BCUT2D eigenvalue weighted by Gasteiger charge is 2.26. The van der Waals surface area contributed by atoms with Crippen molar-refractivity contribution in [1.82, 2.24) is 19.9 Å². The van der Waals surface area contributed by atoms with Gasteiger partial charge in [0, 0.05) is 17.8 Å². The van der Waals surface area contributed by atoms with E-state index in [1.165, 1.54) is 12.8 Å². The highest BCUT2D eigenvalue weighted by Crippen LogP contribution is 2.28. The third-order valence-electron chi connectivity index (χ3n) is 3.29. The van der Waals surface area contributed by atoms with Gasteiger partial charge in [-0.1, -0.05) is 0 Å². The maximum atomic E-state index is 11.6. The first-order valence-corrected chi connectivity index (χ1v) is 7.36. The molecule has 0 aromatic carbocycles. The minimum Gasteiger partial charge on any atom is -0.367 e. The molecular weight excluding hydrogens is 290 g/mol. The van der Waals surface area contributed by atoms with Crippen LogP contribution in [-0.4, -0.2) is 31.8 Å². The van der Waals surface area contributed by atoms with Gasteiger partial charge < -0.3 is 5.32 Å². The third-order valence-corrected chi connectivity index (χ3v) is 4.10. The molecular formula is C13H11N5O2S. The molecule has 7 nitrogen and oxygen atoms in total. The van der Waals surface area contributed by atoms with Gasteiger partial charge in [-0.3, -0.25) is 14.9 Å². The molecule has 2 amide bonds. The van der Waals surface area contributed by atoms with E-state index in [0.29, 0.717) is 22.2 Å². The molecule has 2 aliphatic rings. The number of anilines is 1. The van der Waals surface area contributed by atoms with Crippen LogP contribution in [-0.2, 0) is 4.79 Å². The van der Waals surface area contributed by atoms with Gasteiger partial charge in [0.1, 0.15) is 5.82 Å². The lowest BCUT2D eigenvalue weighted by molar-refractivity contribution is -0.115. The summed E-state index contributed by atoms with van der Waals surface area (Å²) >= 11 is 0.886. The Labute approximate surface area is 123 Å². The van der Waals surface area contributed by atoms with E-state index < -0.39 is 0 Å². The molecule has 1 aliphatic carbocycles. The Bertz CT molecular complexity index is 793. The SMILES string of the molecule is O=C1NC(=O)/C(=C\c2cnn3c(NC4CC4)ccnc23)S1. The predicted octanol–water partition coefficient (Wildman–Crippen LogP) is 1.63. The molecule has 1 saturated carbocycles. The first-order chi connectivity index (χ1) is 10.2. The zero-order valence-corrected chi connectivity index (χ0v) is 11.7. The molecule has 8 heteroatoms. The molecule has 2 aromatic heterocycles. The normalized spacial score (nSPS) is 20.3. The minimum atomic E-state index is -0.378. The maximum Gasteiger partial charge on any atom is 0.290 e. The Morgan fingerprint density at radius 1 is 1.43 bits per heavy atom. The number of carbonyl (C=O) groups excluding carboxylic acids is 2. The van der Waals surface area contributed by atoms with Gasteiger partial charge in [0.05, 0.1) is 11.1 Å². The van der Waals surface area contributed by atoms with Crippen LogP contribution >= 0.6 is 11.8 Å². The lowest BCUT2D eigenvalue weighted by Crippen LogP contribution is -2.17. The number of amides is 2. The Morgan fingerprint density at radius 2 is 2.29 bits per heavy atom. The molecule has 3 heterocycles. The van der Waals surface area contributed by atoms with Crippen LogP contribution in [0, 0.1) is 0 Å². The Hall–Kier alpha value is -2.35. The van der Waals surface area contributed by atoms with Crippen LogP contribution in [0.1, 0.15) is 18.4 Å². The molecule has 21 heavy (non-hydrogen) atoms. The first-order valence-electron chi connectivity index (χ1n) is 6.55. The molecule has 1 aliphatic heterocycles. The summed E-state index contributed by atoms with van der Waals surface area (Å²) in [4.78, 5) is 27.4. The summed E-state index contributed by atoms with van der Waals surface area (Å²) < 4.78 is 1.71. The lowest BCUT2D eigenvalue weighted by atomic mass is 10.3. The zero-order valence-electron chi connectivity index (χ0n) is 10.9. The van der Waals surface area contributed by atoms with E-state index in [0.717, 1.165) is 17.6 Å². The minimum absolute atomic E-state index is 0.355. The lowest BCUT2D eigenvalue weighted by Gasteiger charge is -2.05. The van der Waals surface area contributed by atoms with E-state index in [-0.39, 0.29) is 11.1 Å². The van der Waals surface area contributed by atoms with Gasteiger partial charge in [0.2, 0.25) is 0 Å². The van der Waals surface area contributed by atoms with Crippen LogP contribution in [0.15, 0.2) is 23.4 Å². The highest BCUT2D eigenvalue weighted by molar-refractivity contribution is 8.18. The van der Waals surface area contributed by atoms with Gasteiger partial charge in [0.15, 0.2) is 5.65 Å². The van der Waals surface area contributed by atoms with Crippen LogP contribution < -0.4 is 10.6 Å². The van der Waals surface area contributed by atoms with E-state index in [1.807, 2.05) is 6.07 Å². The average Bonchev–Trinajstić information content (AvgIpc) is 3.09. The van der Waals surface area contributed by atoms with Crippen LogP contribution in [0.2, 0.25) is 0 Å². The van der Waals surface area contributed by atoms with Gasteiger partial charge in [-0.2, -0.15) is 9.61 Å². The van der Waals surface area contributed by atoms with E-state index in [9.17, 15) is 9.59 Å². The average molecular weight is 301 g/mol. The van der Waals surface area contributed by atoms with Crippen molar-refractivity contribution < 1.29 is 9.59 Å². The van der Waals surface area contributed by atoms with Crippen molar-refractivity contribution >= 4 is 40.4 Å². The number of imide groups is 1. The topological polar surface area (TPSA) is 88.4 Å². The van der Waals surface area contributed by atoms with Gasteiger partial charge in [-0.15, -0.1) is 0 Å². The van der Waals surface area contributed by atoms with Crippen molar-refractivity contribution in [2.75, 3.05) is 5.32 Å². The van der Waals surface area contributed by atoms with Gasteiger partial charge in [-0.25, -0.2) is 4.98 Å². The number of fused-ring (bicyclic) bond motifs is 1. The largest absolute Gasteiger partial charge is 0.367 e. The molecule has 0 spiro atoms. The predicted molar refractivity (Wildman–Crippen MR) is 78.7 cm³/mol. The number of nitrogens with one attached hydrogen (secondary N) is 2. The fourth-order valence-corrected chi connectivity index (χ4v) is 2.79. The van der Waals surface area contributed by atoms with Crippen LogP contribution in [0.25, 0.3) is 11.7 Å². The second-order valence-corrected chi connectivity index (χ2v) is 5.95. The number of hydrogen-bond acceptors (Lipinski definition) is 6. The second-order valence-electron chi connectivity index (χ2n) is 4.94. The number of thioether (sulfide) groups is 1. The van der Waals surface area contributed by atoms with Crippen LogP contribution in [0.5, 0.6) is 0 Å². The standard InChI is InChI=1S/C13H11N5O2S/c19-12-9(21-13(20)17-12)5-7-6-15-18-10(16-8-1-2-8)3-4-14-11(7)18/h3-6,8,16H,1-2H2,(H,17,19,20)/b9-5+. The monoisotopic (exact) mass is 301 g/mol. The Morgan fingerprint density at radius 3 is 3.00 bits per heavy atom. The number of carbonyl (C=O) groups is 2. The summed E-state index contributed by atoms with van der Waals surface area (Å²) in [6.07, 6.45) is 7.32. The van der Waals surface area contributed by atoms with E-state index in [2.05, 4.69) is 20.7 Å². The van der Waals surface area contributed by atoms with E-state index in [4.69, 9.17) is 0 Å². The third kappa shape index (κ3) is 2.27. The molecule has 2 fully saturated rings. The smallest absolute Gasteiger partial charge is 0.290 e. The zero-order chi connectivity index (χ0) is 14.4. The maximum absolute atomic E-state index is 11.6. The Balaban J connectivity index is 1.74. The fraction of sp³-hybridized carbons (Fsp3) is 0.231. The first kappa shape index (κ1) is 12.4. The number of aromatic nitrogens is 3.